The van der Waals surface area contributed by atoms with Crippen LogP contribution in [0.3, 0.4) is 0 Å². The standard InChI is InChI=1S/C12H12N2O4/c1-2-13-10(15)7-14-11(16)8-5-3-4-6-9(8)18-12(14)17/h3-6H,2,7H2,1H3,(H,13,15). The van der Waals surface area contributed by atoms with Crippen LogP contribution in [0, 0.1) is 0 Å². The Hall–Kier alpha value is -2.37. The van der Waals surface area contributed by atoms with Crippen LogP contribution < -0.4 is 16.6 Å². The third-order valence-electron chi connectivity index (χ3n) is 2.46. The number of likely N-dealkylation sites (N-methyl/N-ethyl adjacent to an activating group) is 1. The maximum atomic E-state index is 12.0. The molecule has 1 aromatic carbocycles. The van der Waals surface area contributed by atoms with E-state index < -0.39 is 17.2 Å². The van der Waals surface area contributed by atoms with E-state index in [-0.39, 0.29) is 17.5 Å². The van der Waals surface area contributed by atoms with Gasteiger partial charge in [-0.1, -0.05) is 12.1 Å². The molecule has 1 heterocycles. The molecule has 0 atom stereocenters. The van der Waals surface area contributed by atoms with E-state index in [2.05, 4.69) is 5.32 Å². The molecular formula is C12H12N2O4. The van der Waals surface area contributed by atoms with Crippen molar-refractivity contribution in [3.63, 3.8) is 0 Å². The largest absolute Gasteiger partial charge is 0.422 e. The van der Waals surface area contributed by atoms with Crippen molar-refractivity contribution < 1.29 is 9.21 Å². The summed E-state index contributed by atoms with van der Waals surface area (Å²) in [5, 5.41) is 2.80. The first-order chi connectivity index (χ1) is 8.63. The molecular weight excluding hydrogens is 236 g/mol. The van der Waals surface area contributed by atoms with Crippen LogP contribution in [-0.4, -0.2) is 17.0 Å². The second-order valence-corrected chi connectivity index (χ2v) is 3.71. The van der Waals surface area contributed by atoms with Gasteiger partial charge in [-0.2, -0.15) is 0 Å². The quantitative estimate of drug-likeness (QED) is 0.834. The summed E-state index contributed by atoms with van der Waals surface area (Å²) in [4.78, 5) is 35.0. The number of hydrogen-bond acceptors (Lipinski definition) is 4. The molecule has 6 nitrogen and oxygen atoms in total. The molecule has 2 rings (SSSR count). The second-order valence-electron chi connectivity index (χ2n) is 3.71. The Balaban J connectivity index is 2.55. The number of hydrogen-bond donors (Lipinski definition) is 1. The minimum Gasteiger partial charge on any atom is -0.409 e. The number of rotatable bonds is 3. The van der Waals surface area contributed by atoms with E-state index in [0.29, 0.717) is 6.54 Å². The molecule has 1 amide bonds. The van der Waals surface area contributed by atoms with Gasteiger partial charge in [-0.25, -0.2) is 9.36 Å². The molecule has 0 bridgehead atoms. The Morgan fingerprint density at radius 1 is 1.33 bits per heavy atom. The fraction of sp³-hybridized carbons (Fsp3) is 0.250. The summed E-state index contributed by atoms with van der Waals surface area (Å²) in [6, 6.07) is 6.42. The molecule has 0 unspecified atom stereocenters. The summed E-state index contributed by atoms with van der Waals surface area (Å²) in [6.45, 7) is 1.86. The number of nitrogens with one attached hydrogen (secondary N) is 1. The van der Waals surface area contributed by atoms with Gasteiger partial charge in [0.15, 0.2) is 0 Å². The van der Waals surface area contributed by atoms with Crippen LogP contribution in [0.5, 0.6) is 0 Å². The van der Waals surface area contributed by atoms with Crippen molar-refractivity contribution in [3.05, 3.63) is 45.2 Å². The van der Waals surface area contributed by atoms with Crippen LogP contribution in [-0.2, 0) is 11.3 Å². The van der Waals surface area contributed by atoms with Crippen LogP contribution in [0.15, 0.2) is 38.3 Å². The lowest BCUT2D eigenvalue weighted by molar-refractivity contribution is -0.121. The smallest absolute Gasteiger partial charge is 0.409 e. The Morgan fingerprint density at radius 3 is 2.78 bits per heavy atom. The minimum atomic E-state index is -0.829. The zero-order chi connectivity index (χ0) is 13.1. The molecule has 0 saturated carbocycles. The molecule has 0 aliphatic carbocycles. The molecule has 0 saturated heterocycles. The Kier molecular flexibility index (Phi) is 3.27. The lowest BCUT2D eigenvalue weighted by Crippen LogP contribution is -2.38. The van der Waals surface area contributed by atoms with Crippen molar-refractivity contribution in [2.24, 2.45) is 0 Å². The third-order valence-corrected chi connectivity index (χ3v) is 2.46. The zero-order valence-electron chi connectivity index (χ0n) is 9.80. The molecule has 2 aromatic rings. The van der Waals surface area contributed by atoms with Gasteiger partial charge >= 0.3 is 5.76 Å². The van der Waals surface area contributed by atoms with Crippen molar-refractivity contribution >= 4 is 16.9 Å². The summed E-state index contributed by atoms with van der Waals surface area (Å²) >= 11 is 0. The highest BCUT2D eigenvalue weighted by Gasteiger charge is 2.11. The van der Waals surface area contributed by atoms with Crippen molar-refractivity contribution in [2.75, 3.05) is 6.54 Å². The fourth-order valence-corrected chi connectivity index (χ4v) is 1.64. The molecule has 0 spiro atoms. The predicted octanol–water partition coefficient (Wildman–Crippen LogP) is 0.0908. The highest BCUT2D eigenvalue weighted by molar-refractivity contribution is 5.77. The van der Waals surface area contributed by atoms with Crippen LogP contribution in [0.2, 0.25) is 0 Å². The van der Waals surface area contributed by atoms with Crippen LogP contribution in [0.1, 0.15) is 6.92 Å². The average Bonchev–Trinajstić information content (AvgIpc) is 2.35. The van der Waals surface area contributed by atoms with E-state index in [0.717, 1.165) is 4.57 Å². The van der Waals surface area contributed by atoms with Crippen LogP contribution in [0.4, 0.5) is 0 Å². The van der Waals surface area contributed by atoms with Crippen molar-refractivity contribution in [1.29, 1.82) is 0 Å². The molecule has 94 valence electrons. The fourth-order valence-electron chi connectivity index (χ4n) is 1.64. The first kappa shape index (κ1) is 12.1. The highest BCUT2D eigenvalue weighted by atomic mass is 16.4. The molecule has 0 aliphatic heterocycles. The lowest BCUT2D eigenvalue weighted by atomic mass is 10.2. The van der Waals surface area contributed by atoms with E-state index in [1.54, 1.807) is 25.1 Å². The number of nitrogens with zero attached hydrogens (tertiary/aromatic N) is 1. The Bertz CT molecular complexity index is 699. The molecule has 18 heavy (non-hydrogen) atoms. The Morgan fingerprint density at radius 2 is 2.06 bits per heavy atom. The molecule has 1 N–H and O–H groups in total. The van der Waals surface area contributed by atoms with Gasteiger partial charge in [-0.05, 0) is 19.1 Å². The minimum absolute atomic E-state index is 0.222. The zero-order valence-corrected chi connectivity index (χ0v) is 9.80. The highest BCUT2D eigenvalue weighted by Crippen LogP contribution is 2.05. The molecule has 0 aliphatic rings. The summed E-state index contributed by atoms with van der Waals surface area (Å²) in [5.41, 5.74) is -0.298. The van der Waals surface area contributed by atoms with Crippen LogP contribution in [0.25, 0.3) is 11.0 Å². The number of amides is 1. The SMILES string of the molecule is CCNC(=O)Cn1c(=O)oc2ccccc2c1=O. The van der Waals surface area contributed by atoms with E-state index >= 15 is 0 Å². The maximum absolute atomic E-state index is 12.0. The average molecular weight is 248 g/mol. The van der Waals surface area contributed by atoms with Gasteiger partial charge in [0.25, 0.3) is 5.56 Å². The third kappa shape index (κ3) is 2.17. The molecule has 0 radical (unpaired) electrons. The monoisotopic (exact) mass is 248 g/mol. The summed E-state index contributed by atoms with van der Waals surface area (Å²) in [7, 11) is 0. The van der Waals surface area contributed by atoms with Gasteiger partial charge < -0.3 is 9.73 Å². The maximum Gasteiger partial charge on any atom is 0.422 e. The van der Waals surface area contributed by atoms with Gasteiger partial charge in [-0.3, -0.25) is 9.59 Å². The van der Waals surface area contributed by atoms with E-state index in [1.165, 1.54) is 6.07 Å². The Labute approximate surface area is 102 Å². The molecule has 0 fully saturated rings. The first-order valence-electron chi connectivity index (χ1n) is 5.53. The normalized spacial score (nSPS) is 10.5. The number of para-hydroxylation sites is 1. The van der Waals surface area contributed by atoms with Gasteiger partial charge in [-0.15, -0.1) is 0 Å². The number of carbonyl (C=O) groups excluding carboxylic acids is 1. The van der Waals surface area contributed by atoms with E-state index in [1.807, 2.05) is 0 Å². The summed E-state index contributed by atoms with van der Waals surface area (Å²) < 4.78 is 5.77. The number of aromatic nitrogens is 1. The molecule has 1 aromatic heterocycles. The summed E-state index contributed by atoms with van der Waals surface area (Å²) in [6.07, 6.45) is 0. The van der Waals surface area contributed by atoms with Gasteiger partial charge in [0.05, 0.1) is 5.39 Å². The summed E-state index contributed by atoms with van der Waals surface area (Å²) in [5.74, 6) is -1.23. The van der Waals surface area contributed by atoms with E-state index in [9.17, 15) is 14.4 Å². The topological polar surface area (TPSA) is 81.3 Å². The number of fused-ring (bicyclic) bond motifs is 1. The predicted molar refractivity (Wildman–Crippen MR) is 65.4 cm³/mol. The molecule has 6 heteroatoms. The van der Waals surface area contributed by atoms with Gasteiger partial charge in [0.1, 0.15) is 12.1 Å². The lowest BCUT2D eigenvalue weighted by Gasteiger charge is -2.05. The number of carbonyl (C=O) groups is 1. The number of benzene rings is 1. The van der Waals surface area contributed by atoms with Crippen molar-refractivity contribution in [3.8, 4) is 0 Å². The van der Waals surface area contributed by atoms with E-state index in [4.69, 9.17) is 4.42 Å². The first-order valence-corrected chi connectivity index (χ1v) is 5.53. The van der Waals surface area contributed by atoms with Gasteiger partial charge in [0, 0.05) is 6.54 Å². The van der Waals surface area contributed by atoms with Crippen molar-refractivity contribution in [1.82, 2.24) is 9.88 Å². The van der Waals surface area contributed by atoms with Gasteiger partial charge in [0.2, 0.25) is 5.91 Å². The van der Waals surface area contributed by atoms with Crippen LogP contribution >= 0.6 is 0 Å². The van der Waals surface area contributed by atoms with Crippen molar-refractivity contribution in [2.45, 2.75) is 13.5 Å². The second kappa shape index (κ2) is 4.87.